The van der Waals surface area contributed by atoms with Gasteiger partial charge in [-0.15, -0.1) is 0 Å². The minimum Gasteiger partial charge on any atom is -0.466 e. The first kappa shape index (κ1) is 17.7. The Labute approximate surface area is 159 Å². The summed E-state index contributed by atoms with van der Waals surface area (Å²) in [6, 6.07) is 10.2. The molecule has 2 heterocycles. The van der Waals surface area contributed by atoms with Gasteiger partial charge in [-0.3, -0.25) is 0 Å². The maximum atomic E-state index is 12.5. The standard InChI is InChI=1S/C22H27N3O2/c1-14-10-17-19(11-22(2,3)12-20(17)27-14)25-21(26)23-9-8-15-13-24-18-7-5-4-6-16(15)18/h4-7,10,13,19,24H,8-9,11-12H2,1-3H3,(H2,23,25,26). The molecule has 3 aromatic rings. The van der Waals surface area contributed by atoms with E-state index >= 15 is 0 Å². The summed E-state index contributed by atoms with van der Waals surface area (Å²) in [4.78, 5) is 15.7. The number of carbonyl (C=O) groups excluding carboxylic acids is 1. The molecular weight excluding hydrogens is 338 g/mol. The number of aromatic nitrogens is 1. The molecular formula is C22H27N3O2. The number of carbonyl (C=O) groups is 1. The predicted octanol–water partition coefficient (Wildman–Crippen LogP) is 4.62. The van der Waals surface area contributed by atoms with E-state index in [1.807, 2.05) is 25.3 Å². The number of furan rings is 1. The number of amides is 2. The van der Waals surface area contributed by atoms with Crippen LogP contribution in [-0.2, 0) is 12.8 Å². The zero-order chi connectivity index (χ0) is 19.0. The second-order valence-electron chi connectivity index (χ2n) is 8.34. The van der Waals surface area contributed by atoms with Gasteiger partial charge in [-0.05, 0) is 42.9 Å². The first-order valence-corrected chi connectivity index (χ1v) is 9.60. The van der Waals surface area contributed by atoms with Crippen molar-refractivity contribution in [3.8, 4) is 0 Å². The molecule has 1 atom stereocenters. The van der Waals surface area contributed by atoms with Crippen molar-refractivity contribution in [3.05, 3.63) is 59.2 Å². The van der Waals surface area contributed by atoms with Gasteiger partial charge in [0.25, 0.3) is 0 Å². The molecule has 0 fully saturated rings. The van der Waals surface area contributed by atoms with Crippen molar-refractivity contribution in [2.75, 3.05) is 6.54 Å². The van der Waals surface area contributed by atoms with Crippen LogP contribution in [0, 0.1) is 12.3 Å². The number of rotatable bonds is 4. The Bertz CT molecular complexity index is 967. The first-order chi connectivity index (χ1) is 12.9. The minimum absolute atomic E-state index is 0.00529. The van der Waals surface area contributed by atoms with Crippen LogP contribution >= 0.6 is 0 Å². The number of H-pyrrole nitrogens is 1. The molecule has 2 aromatic heterocycles. The van der Waals surface area contributed by atoms with E-state index in [2.05, 4.69) is 47.7 Å². The Hall–Kier alpha value is -2.69. The lowest BCUT2D eigenvalue weighted by Gasteiger charge is -2.34. The normalized spacial score (nSPS) is 18.3. The predicted molar refractivity (Wildman–Crippen MR) is 107 cm³/mol. The molecule has 0 saturated heterocycles. The van der Waals surface area contributed by atoms with E-state index in [1.54, 1.807) is 0 Å². The Morgan fingerprint density at radius 3 is 3.00 bits per heavy atom. The highest BCUT2D eigenvalue weighted by molar-refractivity contribution is 5.83. The zero-order valence-electron chi connectivity index (χ0n) is 16.2. The zero-order valence-corrected chi connectivity index (χ0v) is 16.2. The van der Waals surface area contributed by atoms with E-state index in [1.165, 1.54) is 10.9 Å². The van der Waals surface area contributed by atoms with E-state index in [-0.39, 0.29) is 17.5 Å². The van der Waals surface area contributed by atoms with Gasteiger partial charge < -0.3 is 20.0 Å². The second kappa shape index (κ2) is 6.80. The molecule has 1 unspecified atom stereocenters. The summed E-state index contributed by atoms with van der Waals surface area (Å²) < 4.78 is 5.85. The van der Waals surface area contributed by atoms with E-state index in [0.29, 0.717) is 6.54 Å². The number of nitrogens with one attached hydrogen (secondary N) is 3. The summed E-state index contributed by atoms with van der Waals surface area (Å²) in [5, 5.41) is 7.36. The quantitative estimate of drug-likeness (QED) is 0.631. The Morgan fingerprint density at radius 1 is 1.33 bits per heavy atom. The number of aryl methyl sites for hydroxylation is 1. The summed E-state index contributed by atoms with van der Waals surface area (Å²) >= 11 is 0. The van der Waals surface area contributed by atoms with E-state index in [0.717, 1.165) is 41.9 Å². The molecule has 5 heteroatoms. The first-order valence-electron chi connectivity index (χ1n) is 9.60. The van der Waals surface area contributed by atoms with Gasteiger partial charge in [-0.25, -0.2) is 4.79 Å². The lowest BCUT2D eigenvalue weighted by atomic mass is 9.75. The lowest BCUT2D eigenvalue weighted by Crippen LogP contribution is -2.42. The number of urea groups is 1. The fraction of sp³-hybridized carbons (Fsp3) is 0.409. The van der Waals surface area contributed by atoms with Crippen LogP contribution in [0.25, 0.3) is 10.9 Å². The Balaban J connectivity index is 1.37. The summed E-state index contributed by atoms with van der Waals surface area (Å²) in [5.74, 6) is 1.91. The number of hydrogen-bond acceptors (Lipinski definition) is 2. The van der Waals surface area contributed by atoms with Gasteiger partial charge in [0.2, 0.25) is 0 Å². The Kier molecular flexibility index (Phi) is 4.46. The van der Waals surface area contributed by atoms with Crippen molar-refractivity contribution < 1.29 is 9.21 Å². The summed E-state index contributed by atoms with van der Waals surface area (Å²) in [6.07, 6.45) is 4.64. The Morgan fingerprint density at radius 2 is 2.15 bits per heavy atom. The van der Waals surface area contributed by atoms with Crippen molar-refractivity contribution in [2.24, 2.45) is 5.41 Å². The van der Waals surface area contributed by atoms with Gasteiger partial charge in [-0.1, -0.05) is 32.0 Å². The number of hydrogen-bond donors (Lipinski definition) is 3. The van der Waals surface area contributed by atoms with Gasteiger partial charge in [0.15, 0.2) is 0 Å². The molecule has 4 rings (SSSR count). The maximum Gasteiger partial charge on any atom is 0.315 e. The number of fused-ring (bicyclic) bond motifs is 2. The third kappa shape index (κ3) is 3.72. The van der Waals surface area contributed by atoms with Crippen LogP contribution in [0.5, 0.6) is 0 Å². The highest BCUT2D eigenvalue weighted by Crippen LogP contribution is 2.41. The largest absolute Gasteiger partial charge is 0.466 e. The number of benzene rings is 1. The van der Waals surface area contributed by atoms with Gasteiger partial charge in [0.1, 0.15) is 11.5 Å². The highest BCUT2D eigenvalue weighted by Gasteiger charge is 2.35. The van der Waals surface area contributed by atoms with Gasteiger partial charge in [0, 0.05) is 35.6 Å². The topological polar surface area (TPSA) is 70.1 Å². The molecule has 0 spiro atoms. The monoisotopic (exact) mass is 365 g/mol. The van der Waals surface area contributed by atoms with E-state index < -0.39 is 0 Å². The fourth-order valence-corrected chi connectivity index (χ4v) is 4.17. The van der Waals surface area contributed by atoms with Crippen molar-refractivity contribution in [3.63, 3.8) is 0 Å². The minimum atomic E-state index is -0.123. The molecule has 1 aliphatic rings. The summed E-state index contributed by atoms with van der Waals surface area (Å²) in [5.41, 5.74) is 3.58. The highest BCUT2D eigenvalue weighted by atomic mass is 16.3. The maximum absolute atomic E-state index is 12.5. The molecule has 2 amide bonds. The fourth-order valence-electron chi connectivity index (χ4n) is 4.17. The number of para-hydroxylation sites is 1. The smallest absolute Gasteiger partial charge is 0.315 e. The van der Waals surface area contributed by atoms with Crippen LogP contribution in [0.3, 0.4) is 0 Å². The molecule has 0 bridgehead atoms. The average Bonchev–Trinajstić information content (AvgIpc) is 3.17. The summed E-state index contributed by atoms with van der Waals surface area (Å²) in [6.45, 7) is 7.00. The second-order valence-corrected chi connectivity index (χ2v) is 8.34. The molecule has 1 aliphatic carbocycles. The SMILES string of the molecule is Cc1cc2c(o1)CC(C)(C)CC2NC(=O)NCCc1c[nH]c2ccccc12. The van der Waals surface area contributed by atoms with Gasteiger partial charge in [0.05, 0.1) is 6.04 Å². The summed E-state index contributed by atoms with van der Waals surface area (Å²) in [7, 11) is 0. The average molecular weight is 365 g/mol. The molecule has 27 heavy (non-hydrogen) atoms. The third-order valence-corrected chi connectivity index (χ3v) is 5.40. The van der Waals surface area contributed by atoms with Crippen LogP contribution in [-0.4, -0.2) is 17.6 Å². The van der Waals surface area contributed by atoms with Crippen molar-refractivity contribution in [1.29, 1.82) is 0 Å². The van der Waals surface area contributed by atoms with Crippen molar-refractivity contribution >= 4 is 16.9 Å². The van der Waals surface area contributed by atoms with Crippen LogP contribution < -0.4 is 10.6 Å². The molecule has 0 radical (unpaired) electrons. The van der Waals surface area contributed by atoms with E-state index in [9.17, 15) is 4.79 Å². The molecule has 0 saturated carbocycles. The molecule has 0 aliphatic heterocycles. The van der Waals surface area contributed by atoms with Gasteiger partial charge in [-0.2, -0.15) is 0 Å². The van der Waals surface area contributed by atoms with Crippen LogP contribution in [0.15, 0.2) is 40.9 Å². The van der Waals surface area contributed by atoms with Gasteiger partial charge >= 0.3 is 6.03 Å². The van der Waals surface area contributed by atoms with Crippen LogP contribution in [0.4, 0.5) is 4.79 Å². The molecule has 142 valence electrons. The van der Waals surface area contributed by atoms with Crippen LogP contribution in [0.1, 0.15) is 49.0 Å². The van der Waals surface area contributed by atoms with E-state index in [4.69, 9.17) is 4.42 Å². The molecule has 5 nitrogen and oxygen atoms in total. The van der Waals surface area contributed by atoms with Crippen molar-refractivity contribution in [2.45, 2.75) is 46.1 Å². The lowest BCUT2D eigenvalue weighted by molar-refractivity contribution is 0.214. The number of aromatic amines is 1. The molecule has 3 N–H and O–H groups in total. The van der Waals surface area contributed by atoms with Crippen LogP contribution in [0.2, 0.25) is 0 Å². The third-order valence-electron chi connectivity index (χ3n) is 5.40. The van der Waals surface area contributed by atoms with Crippen molar-refractivity contribution in [1.82, 2.24) is 15.6 Å². The molecule has 1 aromatic carbocycles.